The molecule has 0 atom stereocenters. The van der Waals surface area contributed by atoms with Crippen LogP contribution in [-0.4, -0.2) is 29.8 Å². The molecular formula is C11H21NO. The average Bonchev–Trinajstić information content (AvgIpc) is 2.87. The van der Waals surface area contributed by atoms with E-state index in [1.807, 2.05) is 0 Å². The van der Waals surface area contributed by atoms with Gasteiger partial charge in [0.15, 0.2) is 0 Å². The van der Waals surface area contributed by atoms with E-state index < -0.39 is 0 Å². The molecule has 2 heteroatoms. The maximum atomic E-state index is 10.8. The molecule has 1 fully saturated rings. The highest BCUT2D eigenvalue weighted by Crippen LogP contribution is 2.27. The predicted molar refractivity (Wildman–Crippen MR) is 54.8 cm³/mol. The van der Waals surface area contributed by atoms with Crippen LogP contribution in [0.25, 0.3) is 0 Å². The Morgan fingerprint density at radius 3 is 2.54 bits per heavy atom. The highest BCUT2D eigenvalue weighted by atomic mass is 16.1. The van der Waals surface area contributed by atoms with E-state index in [-0.39, 0.29) is 0 Å². The summed E-state index contributed by atoms with van der Waals surface area (Å²) in [5.41, 5.74) is 0. The summed E-state index contributed by atoms with van der Waals surface area (Å²) in [6.45, 7) is 6.08. The van der Waals surface area contributed by atoms with Crippen LogP contribution in [0.2, 0.25) is 0 Å². The van der Waals surface area contributed by atoms with Gasteiger partial charge in [0.25, 0.3) is 0 Å². The topological polar surface area (TPSA) is 20.3 Å². The summed E-state index contributed by atoms with van der Waals surface area (Å²) >= 11 is 0. The predicted octanol–water partition coefficient (Wildman–Crippen LogP) is 2.23. The van der Waals surface area contributed by atoms with Crippen LogP contribution >= 0.6 is 0 Å². The maximum absolute atomic E-state index is 10.8. The number of hydrogen-bond acceptors (Lipinski definition) is 2. The van der Waals surface area contributed by atoms with E-state index in [1.165, 1.54) is 32.2 Å². The molecule has 0 aromatic rings. The molecule has 0 saturated heterocycles. The first-order chi connectivity index (χ1) is 6.24. The molecule has 0 aromatic carbocycles. The summed E-state index contributed by atoms with van der Waals surface area (Å²) in [4.78, 5) is 13.3. The molecule has 0 spiro atoms. The zero-order valence-electron chi connectivity index (χ0n) is 8.88. The molecular weight excluding hydrogens is 162 g/mol. The number of carbonyl (C=O) groups excluding carboxylic acids is 1. The lowest BCUT2D eigenvalue weighted by atomic mass is 10.2. The molecule has 1 saturated carbocycles. The van der Waals surface area contributed by atoms with Crippen molar-refractivity contribution in [3.8, 4) is 0 Å². The van der Waals surface area contributed by atoms with Gasteiger partial charge in [-0.3, -0.25) is 9.69 Å². The van der Waals surface area contributed by atoms with Crippen LogP contribution in [0.3, 0.4) is 0 Å². The van der Waals surface area contributed by atoms with E-state index in [1.54, 1.807) is 6.92 Å². The molecule has 76 valence electrons. The van der Waals surface area contributed by atoms with Gasteiger partial charge in [0.1, 0.15) is 5.78 Å². The monoisotopic (exact) mass is 183 g/mol. The van der Waals surface area contributed by atoms with Crippen LogP contribution in [-0.2, 0) is 4.79 Å². The van der Waals surface area contributed by atoms with E-state index in [0.29, 0.717) is 5.78 Å². The molecule has 0 heterocycles. The normalized spacial score (nSPS) is 16.5. The second kappa shape index (κ2) is 5.38. The van der Waals surface area contributed by atoms with E-state index in [9.17, 15) is 4.79 Å². The van der Waals surface area contributed by atoms with Gasteiger partial charge in [-0.2, -0.15) is 0 Å². The van der Waals surface area contributed by atoms with Gasteiger partial charge < -0.3 is 0 Å². The lowest BCUT2D eigenvalue weighted by Crippen LogP contribution is -2.29. The number of unbranched alkanes of at least 4 members (excludes halogenated alkanes) is 1. The van der Waals surface area contributed by atoms with Crippen molar-refractivity contribution in [2.24, 2.45) is 0 Å². The largest absolute Gasteiger partial charge is 0.300 e. The van der Waals surface area contributed by atoms with E-state index in [4.69, 9.17) is 0 Å². The highest BCUT2D eigenvalue weighted by molar-refractivity contribution is 5.75. The quantitative estimate of drug-likeness (QED) is 0.603. The number of hydrogen-bond donors (Lipinski definition) is 0. The van der Waals surface area contributed by atoms with Gasteiger partial charge in [-0.1, -0.05) is 13.3 Å². The van der Waals surface area contributed by atoms with E-state index in [0.717, 1.165) is 19.0 Å². The molecule has 0 radical (unpaired) electrons. The molecule has 1 rings (SSSR count). The SMILES string of the molecule is CCCCN(CCC(C)=O)C1CC1. The van der Waals surface area contributed by atoms with Crippen molar-refractivity contribution < 1.29 is 4.79 Å². The highest BCUT2D eigenvalue weighted by Gasteiger charge is 2.27. The van der Waals surface area contributed by atoms with Gasteiger partial charge in [0, 0.05) is 19.0 Å². The van der Waals surface area contributed by atoms with Crippen LogP contribution in [0.5, 0.6) is 0 Å². The minimum absolute atomic E-state index is 0.321. The Morgan fingerprint density at radius 2 is 2.08 bits per heavy atom. The molecule has 0 aromatic heterocycles. The van der Waals surface area contributed by atoms with Gasteiger partial charge in [0.05, 0.1) is 0 Å². The summed E-state index contributed by atoms with van der Waals surface area (Å²) in [6, 6.07) is 0.811. The van der Waals surface area contributed by atoms with Crippen molar-refractivity contribution in [3.05, 3.63) is 0 Å². The molecule has 0 bridgehead atoms. The Hall–Kier alpha value is -0.370. The Bertz CT molecular complexity index is 163. The summed E-state index contributed by atoms with van der Waals surface area (Å²) in [5.74, 6) is 0.321. The fourth-order valence-corrected chi connectivity index (χ4v) is 1.58. The van der Waals surface area contributed by atoms with Crippen LogP contribution in [0.15, 0.2) is 0 Å². The molecule has 0 unspecified atom stereocenters. The van der Waals surface area contributed by atoms with Crippen LogP contribution in [0.1, 0.15) is 46.0 Å². The summed E-state index contributed by atoms with van der Waals surface area (Å²) in [5, 5.41) is 0. The number of Topliss-reactive ketones (excluding diaryl/α,β-unsaturated/α-hetero) is 1. The standard InChI is InChI=1S/C11H21NO/c1-3-4-8-12(11-5-6-11)9-7-10(2)13/h11H,3-9H2,1-2H3. The van der Waals surface area contributed by atoms with Gasteiger partial charge in [0.2, 0.25) is 0 Å². The summed E-state index contributed by atoms with van der Waals surface area (Å²) in [7, 11) is 0. The Morgan fingerprint density at radius 1 is 1.38 bits per heavy atom. The van der Waals surface area contributed by atoms with Gasteiger partial charge in [-0.05, 0) is 32.7 Å². The third kappa shape index (κ3) is 4.41. The van der Waals surface area contributed by atoms with E-state index >= 15 is 0 Å². The number of nitrogens with zero attached hydrogens (tertiary/aromatic N) is 1. The maximum Gasteiger partial charge on any atom is 0.131 e. The van der Waals surface area contributed by atoms with Crippen LogP contribution < -0.4 is 0 Å². The zero-order chi connectivity index (χ0) is 9.68. The second-order valence-electron chi connectivity index (χ2n) is 4.07. The lowest BCUT2D eigenvalue weighted by molar-refractivity contribution is -0.117. The fourth-order valence-electron chi connectivity index (χ4n) is 1.58. The molecule has 13 heavy (non-hydrogen) atoms. The molecule has 0 aliphatic heterocycles. The summed E-state index contributed by atoms with van der Waals surface area (Å²) in [6.07, 6.45) is 5.96. The Balaban J connectivity index is 2.17. The fraction of sp³-hybridized carbons (Fsp3) is 0.909. The minimum atomic E-state index is 0.321. The van der Waals surface area contributed by atoms with Crippen molar-refractivity contribution in [1.29, 1.82) is 0 Å². The van der Waals surface area contributed by atoms with E-state index in [2.05, 4.69) is 11.8 Å². The number of carbonyl (C=O) groups is 1. The molecule has 0 N–H and O–H groups in total. The number of ketones is 1. The third-order valence-electron chi connectivity index (χ3n) is 2.61. The Kier molecular flexibility index (Phi) is 4.43. The molecule has 1 aliphatic carbocycles. The average molecular weight is 183 g/mol. The van der Waals surface area contributed by atoms with Crippen LogP contribution in [0.4, 0.5) is 0 Å². The Labute approximate surface area is 81.3 Å². The summed E-state index contributed by atoms with van der Waals surface area (Å²) < 4.78 is 0. The van der Waals surface area contributed by atoms with Crippen molar-refractivity contribution in [2.45, 2.75) is 52.0 Å². The first-order valence-corrected chi connectivity index (χ1v) is 5.47. The minimum Gasteiger partial charge on any atom is -0.300 e. The van der Waals surface area contributed by atoms with Gasteiger partial charge >= 0.3 is 0 Å². The zero-order valence-corrected chi connectivity index (χ0v) is 8.88. The van der Waals surface area contributed by atoms with Crippen LogP contribution in [0, 0.1) is 0 Å². The molecule has 1 aliphatic rings. The third-order valence-corrected chi connectivity index (χ3v) is 2.61. The lowest BCUT2D eigenvalue weighted by Gasteiger charge is -2.20. The first-order valence-electron chi connectivity index (χ1n) is 5.47. The second-order valence-corrected chi connectivity index (χ2v) is 4.07. The van der Waals surface area contributed by atoms with Crippen molar-refractivity contribution >= 4 is 5.78 Å². The number of rotatable bonds is 7. The first kappa shape index (κ1) is 10.7. The molecule has 2 nitrogen and oxygen atoms in total. The van der Waals surface area contributed by atoms with Crippen molar-refractivity contribution in [1.82, 2.24) is 4.90 Å². The molecule has 0 amide bonds. The van der Waals surface area contributed by atoms with Gasteiger partial charge in [-0.15, -0.1) is 0 Å². The van der Waals surface area contributed by atoms with Gasteiger partial charge in [-0.25, -0.2) is 0 Å². The van der Waals surface area contributed by atoms with Crippen molar-refractivity contribution in [2.75, 3.05) is 13.1 Å². The smallest absolute Gasteiger partial charge is 0.131 e. The van der Waals surface area contributed by atoms with Crippen molar-refractivity contribution in [3.63, 3.8) is 0 Å².